The van der Waals surface area contributed by atoms with E-state index in [2.05, 4.69) is 17.6 Å². The molecule has 1 fully saturated rings. The zero-order chi connectivity index (χ0) is 24.2. The largest absolute Gasteiger partial charge is 0.494 e. The number of benzene rings is 1. The van der Waals surface area contributed by atoms with E-state index in [1.807, 2.05) is 13.0 Å². The molecule has 178 valence electrons. The Bertz CT molecular complexity index is 1250. The van der Waals surface area contributed by atoms with E-state index in [0.29, 0.717) is 17.2 Å². The average Bonchev–Trinajstić information content (AvgIpc) is 3.39. The van der Waals surface area contributed by atoms with Gasteiger partial charge in [-0.15, -0.1) is 0 Å². The Morgan fingerprint density at radius 1 is 1.24 bits per heavy atom. The van der Waals surface area contributed by atoms with Gasteiger partial charge in [-0.2, -0.15) is 0 Å². The second kappa shape index (κ2) is 8.00. The van der Waals surface area contributed by atoms with Gasteiger partial charge in [-0.3, -0.25) is 14.9 Å². The summed E-state index contributed by atoms with van der Waals surface area (Å²) in [5.41, 5.74) is 0.917. The first-order chi connectivity index (χ1) is 16.3. The van der Waals surface area contributed by atoms with Crippen LogP contribution in [0.2, 0.25) is 0 Å². The van der Waals surface area contributed by atoms with Crippen LogP contribution in [0.4, 0.5) is 9.18 Å². The number of carbonyl (C=O) groups is 3. The number of urea groups is 1. The number of halogens is 1. The fourth-order valence-corrected chi connectivity index (χ4v) is 5.17. The molecule has 4 amide bonds. The number of allylic oxidation sites excluding steroid dienone is 1. The van der Waals surface area contributed by atoms with Gasteiger partial charge < -0.3 is 19.4 Å². The minimum absolute atomic E-state index is 0.0296. The topological polar surface area (TPSA) is 101 Å². The normalized spacial score (nSPS) is 23.8. The molecule has 2 aromatic rings. The molecule has 34 heavy (non-hydrogen) atoms. The number of hydrogen-bond donors (Lipinski definition) is 2. The van der Waals surface area contributed by atoms with E-state index in [1.54, 1.807) is 12.1 Å². The molecule has 1 aliphatic carbocycles. The zero-order valence-electron chi connectivity index (χ0n) is 19.3. The smallest absolute Gasteiger partial charge is 0.322 e. The lowest BCUT2D eigenvalue weighted by molar-refractivity contribution is -0.125. The number of fused-ring (bicyclic) bond motifs is 2. The quantitative estimate of drug-likeness (QED) is 0.656. The van der Waals surface area contributed by atoms with Crippen LogP contribution >= 0.6 is 0 Å². The number of nitrogens with one attached hydrogen (secondary N) is 2. The predicted molar refractivity (Wildman–Crippen MR) is 121 cm³/mol. The van der Waals surface area contributed by atoms with Crippen molar-refractivity contribution < 1.29 is 27.9 Å². The van der Waals surface area contributed by atoms with E-state index >= 15 is 0 Å². The Balaban J connectivity index is 1.53. The fraction of sp³-hybridized carbons (Fsp3) is 0.400. The van der Waals surface area contributed by atoms with Crippen molar-refractivity contribution in [3.05, 3.63) is 57.8 Å². The molecule has 3 aliphatic rings. The van der Waals surface area contributed by atoms with Crippen LogP contribution < -0.4 is 15.4 Å². The van der Waals surface area contributed by atoms with Gasteiger partial charge >= 0.3 is 6.03 Å². The molecule has 2 aliphatic heterocycles. The molecule has 5 rings (SSSR count). The van der Waals surface area contributed by atoms with E-state index in [1.165, 1.54) is 23.6 Å². The van der Waals surface area contributed by atoms with E-state index in [-0.39, 0.29) is 30.2 Å². The Morgan fingerprint density at radius 3 is 2.71 bits per heavy atom. The lowest BCUT2D eigenvalue weighted by Gasteiger charge is -2.29. The molecular formula is C25H26FN3O5. The van der Waals surface area contributed by atoms with Crippen molar-refractivity contribution in [1.82, 2.24) is 15.5 Å². The van der Waals surface area contributed by atoms with Crippen LogP contribution in [0.5, 0.6) is 5.75 Å². The van der Waals surface area contributed by atoms with E-state index in [0.717, 1.165) is 24.8 Å². The molecule has 1 aromatic carbocycles. The van der Waals surface area contributed by atoms with Gasteiger partial charge in [0.1, 0.15) is 11.5 Å². The molecule has 0 spiro atoms. The highest BCUT2D eigenvalue weighted by Gasteiger charge is 2.53. The number of nitrogens with zero attached hydrogens (tertiary/aromatic N) is 1. The molecule has 9 heteroatoms. The van der Waals surface area contributed by atoms with Crippen molar-refractivity contribution in [3.8, 4) is 5.75 Å². The van der Waals surface area contributed by atoms with Gasteiger partial charge in [0.15, 0.2) is 17.1 Å². The summed E-state index contributed by atoms with van der Waals surface area (Å²) in [5, 5.41) is 4.95. The summed E-state index contributed by atoms with van der Waals surface area (Å²) in [7, 11) is 1.33. The zero-order valence-corrected chi connectivity index (χ0v) is 19.3. The van der Waals surface area contributed by atoms with Gasteiger partial charge in [0.25, 0.3) is 11.8 Å². The Kier molecular flexibility index (Phi) is 5.22. The van der Waals surface area contributed by atoms with Crippen LogP contribution in [0.15, 0.2) is 28.2 Å². The maximum absolute atomic E-state index is 14.8. The van der Waals surface area contributed by atoms with Gasteiger partial charge in [0.05, 0.1) is 19.2 Å². The number of methoxy groups -OCH3 is 1. The Labute approximate surface area is 196 Å². The first kappa shape index (κ1) is 22.2. The maximum atomic E-state index is 14.8. The highest BCUT2D eigenvalue weighted by atomic mass is 19.1. The van der Waals surface area contributed by atoms with Crippen molar-refractivity contribution in [2.75, 3.05) is 13.7 Å². The minimum Gasteiger partial charge on any atom is -0.494 e. The lowest BCUT2D eigenvalue weighted by Crippen LogP contribution is -2.52. The van der Waals surface area contributed by atoms with Gasteiger partial charge in [0, 0.05) is 6.54 Å². The van der Waals surface area contributed by atoms with Crippen molar-refractivity contribution in [3.63, 3.8) is 0 Å². The van der Waals surface area contributed by atoms with Crippen LogP contribution in [0, 0.1) is 11.7 Å². The summed E-state index contributed by atoms with van der Waals surface area (Å²) >= 11 is 0. The molecule has 8 nitrogen and oxygen atoms in total. The molecule has 3 heterocycles. The molecule has 2 atom stereocenters. The summed E-state index contributed by atoms with van der Waals surface area (Å²) in [5.74, 6) is -0.605. The van der Waals surface area contributed by atoms with Crippen LogP contribution in [-0.4, -0.2) is 36.4 Å². The summed E-state index contributed by atoms with van der Waals surface area (Å²) in [4.78, 5) is 39.8. The number of ether oxygens (including phenoxy) is 1. The predicted octanol–water partition coefficient (Wildman–Crippen LogP) is 3.49. The molecule has 2 N–H and O–H groups in total. The molecule has 2 unspecified atom stereocenters. The minimum atomic E-state index is -1.62. The first-order valence-electron chi connectivity index (χ1n) is 11.3. The summed E-state index contributed by atoms with van der Waals surface area (Å²) in [6.07, 6.45) is 4.72. The van der Waals surface area contributed by atoms with Gasteiger partial charge in [0.2, 0.25) is 0 Å². The lowest BCUT2D eigenvalue weighted by atomic mass is 9.91. The first-order valence-corrected chi connectivity index (χ1v) is 11.3. The molecule has 0 bridgehead atoms. The monoisotopic (exact) mass is 467 g/mol. The third-order valence-electron chi connectivity index (χ3n) is 6.98. The second-order valence-corrected chi connectivity index (χ2v) is 9.26. The third kappa shape index (κ3) is 3.38. The van der Waals surface area contributed by atoms with Crippen molar-refractivity contribution in [1.29, 1.82) is 0 Å². The SMILES string of the molecule is CCC1CC(C)=Cc2oc(C3(CN4Cc5ccc(OC)c(F)c5C4=O)NC(=O)NC3=O)cc2C1. The van der Waals surface area contributed by atoms with E-state index in [4.69, 9.17) is 9.15 Å². The maximum Gasteiger partial charge on any atom is 0.322 e. The number of imide groups is 1. The number of amides is 4. The summed E-state index contributed by atoms with van der Waals surface area (Å²) < 4.78 is 26.0. The van der Waals surface area contributed by atoms with Gasteiger partial charge in [-0.1, -0.05) is 25.0 Å². The average molecular weight is 467 g/mol. The Hall–Kier alpha value is -3.62. The third-order valence-corrected chi connectivity index (χ3v) is 6.98. The number of carbonyl (C=O) groups excluding carboxylic acids is 3. The number of hydrogen-bond acceptors (Lipinski definition) is 5. The fourth-order valence-electron chi connectivity index (χ4n) is 5.17. The highest BCUT2D eigenvalue weighted by molar-refractivity contribution is 6.08. The van der Waals surface area contributed by atoms with E-state index in [9.17, 15) is 18.8 Å². The van der Waals surface area contributed by atoms with Gasteiger partial charge in [-0.25, -0.2) is 9.18 Å². The molecule has 1 saturated heterocycles. The summed E-state index contributed by atoms with van der Waals surface area (Å²) in [6.45, 7) is 4.08. The molecule has 0 radical (unpaired) electrons. The molecule has 1 aromatic heterocycles. The standard InChI is InChI=1S/C25H26FN3O5/c1-4-14-7-13(2)8-18-16(9-14)10-19(34-18)25(23(31)27-24(32)28-25)12-29-11-15-5-6-17(33-3)21(26)20(15)22(29)30/h5-6,8,10,14H,4,7,9,11-12H2,1-3H3,(H2,27,28,31,32). The second-order valence-electron chi connectivity index (χ2n) is 9.26. The Morgan fingerprint density at radius 2 is 2.03 bits per heavy atom. The van der Waals surface area contributed by atoms with Crippen LogP contribution in [-0.2, 0) is 23.3 Å². The van der Waals surface area contributed by atoms with Crippen molar-refractivity contribution >= 4 is 23.9 Å². The number of furan rings is 1. The van der Waals surface area contributed by atoms with Crippen LogP contribution in [0.3, 0.4) is 0 Å². The number of rotatable bonds is 5. The molecular weight excluding hydrogens is 441 g/mol. The van der Waals surface area contributed by atoms with E-state index < -0.39 is 29.2 Å². The van der Waals surface area contributed by atoms with Crippen LogP contribution in [0.25, 0.3) is 6.08 Å². The van der Waals surface area contributed by atoms with Gasteiger partial charge in [-0.05, 0) is 55.0 Å². The summed E-state index contributed by atoms with van der Waals surface area (Å²) in [6, 6.07) is 4.22. The van der Waals surface area contributed by atoms with Crippen LogP contribution in [0.1, 0.15) is 59.7 Å². The highest BCUT2D eigenvalue weighted by Crippen LogP contribution is 2.38. The molecule has 0 saturated carbocycles. The van der Waals surface area contributed by atoms with Crippen molar-refractivity contribution in [2.45, 2.75) is 45.2 Å². The van der Waals surface area contributed by atoms with Crippen molar-refractivity contribution in [2.24, 2.45) is 5.92 Å².